The zero-order valence-electron chi connectivity index (χ0n) is 11.9. The largest absolute Gasteiger partial charge is 0.497 e. The standard InChI is InChI=1S/C16H19NO3/c1-4-10-17-16(15(18)20-3)9-5-6-12-11-13(19-2)7-8-14(12)16/h1,7-8,11,17H,5-6,9-10H2,2-3H3. The molecule has 1 atom stereocenters. The van der Waals surface area contributed by atoms with E-state index in [2.05, 4.69) is 11.2 Å². The molecule has 20 heavy (non-hydrogen) atoms. The van der Waals surface area contributed by atoms with Gasteiger partial charge < -0.3 is 9.47 Å². The van der Waals surface area contributed by atoms with E-state index in [1.807, 2.05) is 18.2 Å². The van der Waals surface area contributed by atoms with Crippen LogP contribution in [0.2, 0.25) is 0 Å². The summed E-state index contributed by atoms with van der Waals surface area (Å²) in [4.78, 5) is 12.3. The van der Waals surface area contributed by atoms with Gasteiger partial charge in [0.2, 0.25) is 0 Å². The van der Waals surface area contributed by atoms with Gasteiger partial charge in [-0.1, -0.05) is 12.0 Å². The van der Waals surface area contributed by atoms with Crippen LogP contribution >= 0.6 is 0 Å². The van der Waals surface area contributed by atoms with Crippen molar-refractivity contribution >= 4 is 5.97 Å². The first kappa shape index (κ1) is 14.4. The van der Waals surface area contributed by atoms with E-state index in [-0.39, 0.29) is 5.97 Å². The van der Waals surface area contributed by atoms with Crippen molar-refractivity contribution in [3.63, 3.8) is 0 Å². The van der Waals surface area contributed by atoms with Gasteiger partial charge in [-0.2, -0.15) is 0 Å². The first-order chi connectivity index (χ1) is 9.67. The molecule has 106 valence electrons. The number of nitrogens with one attached hydrogen (secondary N) is 1. The summed E-state index contributed by atoms with van der Waals surface area (Å²) in [6.07, 6.45) is 7.82. The van der Waals surface area contributed by atoms with Gasteiger partial charge in [-0.05, 0) is 42.5 Å². The number of ether oxygens (including phenoxy) is 2. The maximum Gasteiger partial charge on any atom is 0.330 e. The van der Waals surface area contributed by atoms with Gasteiger partial charge in [-0.3, -0.25) is 5.32 Å². The van der Waals surface area contributed by atoms with Gasteiger partial charge in [0.05, 0.1) is 20.8 Å². The lowest BCUT2D eigenvalue weighted by Crippen LogP contribution is -2.52. The van der Waals surface area contributed by atoms with Gasteiger partial charge in [0.25, 0.3) is 0 Å². The monoisotopic (exact) mass is 273 g/mol. The summed E-state index contributed by atoms with van der Waals surface area (Å²) >= 11 is 0. The number of carbonyl (C=O) groups excluding carboxylic acids is 1. The smallest absolute Gasteiger partial charge is 0.330 e. The van der Waals surface area contributed by atoms with Crippen molar-refractivity contribution in [2.24, 2.45) is 0 Å². The molecule has 0 radical (unpaired) electrons. The molecular weight excluding hydrogens is 254 g/mol. The second kappa shape index (κ2) is 5.98. The minimum atomic E-state index is -0.846. The molecule has 0 bridgehead atoms. The second-order valence-corrected chi connectivity index (χ2v) is 4.83. The number of esters is 1. The van der Waals surface area contributed by atoms with Crippen LogP contribution in [-0.2, 0) is 21.5 Å². The number of benzene rings is 1. The van der Waals surface area contributed by atoms with Crippen molar-refractivity contribution in [3.8, 4) is 18.1 Å². The van der Waals surface area contributed by atoms with Crippen LogP contribution in [0.4, 0.5) is 0 Å². The van der Waals surface area contributed by atoms with Crippen LogP contribution in [0.25, 0.3) is 0 Å². The summed E-state index contributed by atoms with van der Waals surface area (Å²) in [5, 5.41) is 3.18. The molecule has 1 aromatic rings. The predicted molar refractivity (Wildman–Crippen MR) is 76.5 cm³/mol. The van der Waals surface area contributed by atoms with Crippen molar-refractivity contribution in [1.82, 2.24) is 5.32 Å². The maximum absolute atomic E-state index is 12.3. The highest BCUT2D eigenvalue weighted by atomic mass is 16.5. The molecule has 1 aliphatic carbocycles. The fraction of sp³-hybridized carbons (Fsp3) is 0.438. The number of methoxy groups -OCH3 is 2. The van der Waals surface area contributed by atoms with Crippen LogP contribution in [-0.4, -0.2) is 26.7 Å². The van der Waals surface area contributed by atoms with Crippen LogP contribution in [0, 0.1) is 12.3 Å². The molecule has 1 aromatic carbocycles. The van der Waals surface area contributed by atoms with Crippen molar-refractivity contribution in [1.29, 1.82) is 0 Å². The third-order valence-electron chi connectivity index (χ3n) is 3.80. The molecule has 0 aliphatic heterocycles. The number of carbonyl (C=O) groups is 1. The van der Waals surface area contributed by atoms with Gasteiger partial charge in [-0.25, -0.2) is 4.79 Å². The minimum Gasteiger partial charge on any atom is -0.497 e. The number of rotatable bonds is 4. The molecule has 0 aromatic heterocycles. The topological polar surface area (TPSA) is 47.6 Å². The fourth-order valence-corrected chi connectivity index (χ4v) is 2.84. The molecule has 0 saturated heterocycles. The first-order valence-corrected chi connectivity index (χ1v) is 6.62. The quantitative estimate of drug-likeness (QED) is 0.669. The molecule has 4 nitrogen and oxygen atoms in total. The first-order valence-electron chi connectivity index (χ1n) is 6.62. The third-order valence-corrected chi connectivity index (χ3v) is 3.80. The van der Waals surface area contributed by atoms with Crippen LogP contribution in [0.15, 0.2) is 18.2 Å². The summed E-state index contributed by atoms with van der Waals surface area (Å²) in [5.74, 6) is 3.03. The summed E-state index contributed by atoms with van der Waals surface area (Å²) in [6, 6.07) is 5.76. The maximum atomic E-state index is 12.3. The van der Waals surface area contributed by atoms with E-state index in [1.165, 1.54) is 7.11 Å². The van der Waals surface area contributed by atoms with E-state index in [4.69, 9.17) is 15.9 Å². The van der Waals surface area contributed by atoms with E-state index >= 15 is 0 Å². The Morgan fingerprint density at radius 2 is 2.30 bits per heavy atom. The van der Waals surface area contributed by atoms with Crippen molar-refractivity contribution in [2.45, 2.75) is 24.8 Å². The molecule has 0 heterocycles. The number of aryl methyl sites for hydroxylation is 1. The van der Waals surface area contributed by atoms with Gasteiger partial charge >= 0.3 is 5.97 Å². The Balaban J connectivity index is 2.50. The summed E-state index contributed by atoms with van der Waals surface area (Å²) in [6.45, 7) is 0.320. The van der Waals surface area contributed by atoms with Gasteiger partial charge in [0.15, 0.2) is 0 Å². The molecule has 1 aliphatic rings. The highest BCUT2D eigenvalue weighted by Crippen LogP contribution is 2.37. The lowest BCUT2D eigenvalue weighted by Gasteiger charge is -2.37. The van der Waals surface area contributed by atoms with E-state index in [0.717, 1.165) is 29.7 Å². The number of hydrogen-bond acceptors (Lipinski definition) is 4. The molecule has 0 fully saturated rings. The van der Waals surface area contributed by atoms with E-state index in [9.17, 15) is 4.79 Å². The molecule has 1 unspecified atom stereocenters. The fourth-order valence-electron chi connectivity index (χ4n) is 2.84. The van der Waals surface area contributed by atoms with Gasteiger partial charge in [0.1, 0.15) is 11.3 Å². The van der Waals surface area contributed by atoms with Crippen LogP contribution < -0.4 is 10.1 Å². The van der Waals surface area contributed by atoms with Crippen LogP contribution in [0.5, 0.6) is 5.75 Å². The Morgan fingerprint density at radius 1 is 1.50 bits per heavy atom. The van der Waals surface area contributed by atoms with E-state index < -0.39 is 5.54 Å². The number of fused-ring (bicyclic) bond motifs is 1. The number of hydrogen-bond donors (Lipinski definition) is 1. The van der Waals surface area contributed by atoms with Crippen molar-refractivity contribution in [3.05, 3.63) is 29.3 Å². The molecule has 2 rings (SSSR count). The molecule has 1 N–H and O–H groups in total. The molecular formula is C16H19NO3. The zero-order chi connectivity index (χ0) is 14.6. The van der Waals surface area contributed by atoms with Gasteiger partial charge in [-0.15, -0.1) is 6.42 Å². The van der Waals surface area contributed by atoms with E-state index in [1.54, 1.807) is 7.11 Å². The molecule has 0 spiro atoms. The van der Waals surface area contributed by atoms with E-state index in [0.29, 0.717) is 13.0 Å². The molecule has 0 amide bonds. The lowest BCUT2D eigenvalue weighted by molar-refractivity contribution is -0.149. The Bertz CT molecular complexity index is 547. The number of terminal acetylenes is 1. The Morgan fingerprint density at radius 3 is 2.95 bits per heavy atom. The van der Waals surface area contributed by atoms with Crippen molar-refractivity contribution in [2.75, 3.05) is 20.8 Å². The second-order valence-electron chi connectivity index (χ2n) is 4.83. The summed E-state index contributed by atoms with van der Waals surface area (Å²) < 4.78 is 10.2. The highest BCUT2D eigenvalue weighted by Gasteiger charge is 2.44. The average Bonchev–Trinajstić information content (AvgIpc) is 2.51. The van der Waals surface area contributed by atoms with Gasteiger partial charge in [0, 0.05) is 0 Å². The molecule has 4 heteroatoms. The Kier molecular flexibility index (Phi) is 4.31. The average molecular weight is 273 g/mol. The van der Waals surface area contributed by atoms with Crippen molar-refractivity contribution < 1.29 is 14.3 Å². The predicted octanol–water partition coefficient (Wildman–Crippen LogP) is 1.62. The SMILES string of the molecule is C#CCNC1(C(=O)OC)CCCc2cc(OC)ccc21. The molecule has 0 saturated carbocycles. The lowest BCUT2D eigenvalue weighted by atomic mass is 9.76. The zero-order valence-corrected chi connectivity index (χ0v) is 11.9. The van der Waals surface area contributed by atoms with Crippen LogP contribution in [0.1, 0.15) is 24.0 Å². The Labute approximate surface area is 119 Å². The van der Waals surface area contributed by atoms with Crippen LogP contribution in [0.3, 0.4) is 0 Å². The summed E-state index contributed by atoms with van der Waals surface area (Å²) in [7, 11) is 3.04. The minimum absolute atomic E-state index is 0.293. The highest BCUT2D eigenvalue weighted by molar-refractivity contribution is 5.83. The summed E-state index contributed by atoms with van der Waals surface area (Å²) in [5.41, 5.74) is 1.19. The normalized spacial score (nSPS) is 20.6. The Hall–Kier alpha value is -1.99. The third kappa shape index (κ3) is 2.37.